The van der Waals surface area contributed by atoms with Crippen LogP contribution in [-0.4, -0.2) is 11.3 Å². The zero-order valence-electron chi connectivity index (χ0n) is 33.8. The quantitative estimate of drug-likeness (QED) is 0.161. The summed E-state index contributed by atoms with van der Waals surface area (Å²) in [5, 5.41) is 4.12. The second-order valence-electron chi connectivity index (χ2n) is 19.2. The Bertz CT molecular complexity index is 2890. The number of fused-ring (bicyclic) bond motifs is 9. The van der Waals surface area contributed by atoms with Gasteiger partial charge in [-0.25, -0.2) is 0 Å². The third-order valence-electron chi connectivity index (χ3n) is 12.3. The number of hydrogen-bond acceptors (Lipinski definition) is 2. The summed E-state index contributed by atoms with van der Waals surface area (Å²) in [7, 11) is 0. The van der Waals surface area contributed by atoms with Gasteiger partial charge in [0.15, 0.2) is 0 Å². The molecule has 0 saturated heterocycles. The van der Waals surface area contributed by atoms with Gasteiger partial charge < -0.3 is 9.47 Å². The molecule has 4 heteroatoms. The van der Waals surface area contributed by atoms with Crippen LogP contribution >= 0.6 is 11.3 Å². The molecule has 0 radical (unpaired) electrons. The summed E-state index contributed by atoms with van der Waals surface area (Å²) < 4.78 is 3.99. The number of aromatic nitrogens is 1. The molecule has 0 spiro atoms. The highest BCUT2D eigenvalue weighted by atomic mass is 32.1. The van der Waals surface area contributed by atoms with Crippen molar-refractivity contribution in [2.24, 2.45) is 0 Å². The average molecular weight is 733 g/mol. The van der Waals surface area contributed by atoms with Gasteiger partial charge in [-0.15, -0.1) is 11.3 Å². The van der Waals surface area contributed by atoms with E-state index in [1.54, 1.807) is 0 Å². The fourth-order valence-electron chi connectivity index (χ4n) is 9.32. The molecular formula is C51H49BN2S. The van der Waals surface area contributed by atoms with Gasteiger partial charge in [-0.1, -0.05) is 135 Å². The standard InChI is InChI=1S/C51H49BN2S/c1-30-24-42-46-43(25-30)54-47-37(45-35-18-14-15-19-44(35)55-48(45)54)27-34(51(8,9)10)28-39(47)52(46)38-22-20-33(50(5,6)7)29-41(38)53(42)40-23-21-32(49(2,3)4)26-36(40)31-16-12-11-13-17-31/h11-29H,1-10H3. The molecule has 10 rings (SSSR count). The van der Waals surface area contributed by atoms with Crippen LogP contribution in [0.2, 0.25) is 0 Å². The molecule has 0 fully saturated rings. The molecule has 55 heavy (non-hydrogen) atoms. The first kappa shape index (κ1) is 34.4. The summed E-state index contributed by atoms with van der Waals surface area (Å²) in [6.07, 6.45) is 0. The van der Waals surface area contributed by atoms with Crippen molar-refractivity contribution in [1.29, 1.82) is 0 Å². The van der Waals surface area contributed by atoms with E-state index in [9.17, 15) is 0 Å². The summed E-state index contributed by atoms with van der Waals surface area (Å²) >= 11 is 1.94. The lowest BCUT2D eigenvalue weighted by atomic mass is 9.33. The molecule has 0 bridgehead atoms. The first-order valence-corrected chi connectivity index (χ1v) is 20.7. The molecule has 0 amide bonds. The Balaban J connectivity index is 1.38. The number of nitrogens with zero attached hydrogens (tertiary/aromatic N) is 2. The van der Waals surface area contributed by atoms with Crippen LogP contribution < -0.4 is 21.3 Å². The highest BCUT2D eigenvalue weighted by Crippen LogP contribution is 2.49. The predicted octanol–water partition coefficient (Wildman–Crippen LogP) is 12.5. The van der Waals surface area contributed by atoms with Crippen LogP contribution in [0.4, 0.5) is 17.1 Å². The van der Waals surface area contributed by atoms with Crippen LogP contribution in [0.3, 0.4) is 0 Å². The van der Waals surface area contributed by atoms with Crippen molar-refractivity contribution in [1.82, 2.24) is 4.57 Å². The van der Waals surface area contributed by atoms with E-state index < -0.39 is 0 Å². The fourth-order valence-corrected chi connectivity index (χ4v) is 10.6. The average Bonchev–Trinajstić information content (AvgIpc) is 3.67. The number of anilines is 3. The topological polar surface area (TPSA) is 8.17 Å². The number of hydrogen-bond donors (Lipinski definition) is 0. The molecule has 4 heterocycles. The summed E-state index contributed by atoms with van der Waals surface area (Å²) in [5.74, 6) is 0. The van der Waals surface area contributed by atoms with E-state index in [1.165, 1.54) is 104 Å². The maximum Gasteiger partial charge on any atom is 0.252 e. The van der Waals surface area contributed by atoms with Gasteiger partial charge in [-0.05, 0) is 110 Å². The van der Waals surface area contributed by atoms with Crippen molar-refractivity contribution in [3.05, 3.63) is 138 Å². The van der Waals surface area contributed by atoms with Crippen molar-refractivity contribution >= 4 is 82.7 Å². The molecule has 0 unspecified atom stereocenters. The second kappa shape index (κ2) is 11.5. The minimum absolute atomic E-state index is 0.0107. The van der Waals surface area contributed by atoms with Crippen LogP contribution in [0.1, 0.15) is 84.6 Å². The van der Waals surface area contributed by atoms with Gasteiger partial charge in [-0.2, -0.15) is 0 Å². The summed E-state index contributed by atoms with van der Waals surface area (Å²) in [6, 6.07) is 44.6. The van der Waals surface area contributed by atoms with Crippen molar-refractivity contribution in [2.45, 2.75) is 85.5 Å². The number of benzene rings is 6. The molecule has 2 aliphatic rings. The molecule has 0 N–H and O–H groups in total. The highest BCUT2D eigenvalue weighted by Gasteiger charge is 2.44. The maximum atomic E-state index is 2.65. The smallest absolute Gasteiger partial charge is 0.252 e. The third-order valence-corrected chi connectivity index (χ3v) is 13.4. The van der Waals surface area contributed by atoms with Crippen LogP contribution in [0.25, 0.3) is 48.0 Å². The lowest BCUT2D eigenvalue weighted by Crippen LogP contribution is -2.60. The maximum absolute atomic E-state index is 2.65. The van der Waals surface area contributed by atoms with Gasteiger partial charge in [0.25, 0.3) is 6.71 Å². The predicted molar refractivity (Wildman–Crippen MR) is 242 cm³/mol. The van der Waals surface area contributed by atoms with Crippen molar-refractivity contribution in [3.63, 3.8) is 0 Å². The van der Waals surface area contributed by atoms with E-state index in [0.29, 0.717) is 0 Å². The lowest BCUT2D eigenvalue weighted by Gasteiger charge is -2.42. The van der Waals surface area contributed by atoms with Crippen LogP contribution in [0, 0.1) is 6.92 Å². The molecule has 2 nitrogen and oxygen atoms in total. The minimum Gasteiger partial charge on any atom is -0.311 e. The Kier molecular flexibility index (Phi) is 7.20. The molecule has 0 saturated carbocycles. The van der Waals surface area contributed by atoms with Crippen LogP contribution in [0.5, 0.6) is 0 Å². The summed E-state index contributed by atoms with van der Waals surface area (Å²) in [4.78, 5) is 3.97. The highest BCUT2D eigenvalue weighted by molar-refractivity contribution is 7.26. The van der Waals surface area contributed by atoms with E-state index in [0.717, 1.165) is 0 Å². The molecule has 6 aromatic carbocycles. The fraction of sp³-hybridized carbons (Fsp3) is 0.255. The SMILES string of the molecule is Cc1cc2c3c(c1)-n1c4sc5ccccc5c4c4cc(C(C)(C)C)cc(c41)B3c1ccc(C(C)(C)C)cc1N2c1ccc(C(C)(C)C)cc1-c1ccccc1. The van der Waals surface area contributed by atoms with E-state index in [4.69, 9.17) is 0 Å². The molecule has 0 aliphatic carbocycles. The van der Waals surface area contributed by atoms with Gasteiger partial charge in [0.1, 0.15) is 4.83 Å². The third kappa shape index (κ3) is 5.06. The Hall–Kier alpha value is -5.06. The zero-order valence-corrected chi connectivity index (χ0v) is 34.7. The molecule has 8 aromatic rings. The largest absolute Gasteiger partial charge is 0.311 e. The van der Waals surface area contributed by atoms with Gasteiger partial charge in [0, 0.05) is 43.5 Å². The number of thiophene rings is 1. The minimum atomic E-state index is -0.0136. The van der Waals surface area contributed by atoms with E-state index in [2.05, 4.69) is 194 Å². The van der Waals surface area contributed by atoms with E-state index in [-0.39, 0.29) is 23.0 Å². The van der Waals surface area contributed by atoms with E-state index in [1.807, 2.05) is 11.3 Å². The molecular weight excluding hydrogens is 683 g/mol. The number of aryl methyl sites for hydroxylation is 1. The number of rotatable bonds is 2. The molecule has 0 atom stereocenters. The Morgan fingerprint density at radius 3 is 1.91 bits per heavy atom. The first-order chi connectivity index (χ1) is 26.1. The monoisotopic (exact) mass is 732 g/mol. The Morgan fingerprint density at radius 2 is 1.18 bits per heavy atom. The van der Waals surface area contributed by atoms with Crippen LogP contribution in [-0.2, 0) is 16.2 Å². The molecule has 272 valence electrons. The van der Waals surface area contributed by atoms with E-state index >= 15 is 0 Å². The Morgan fingerprint density at radius 1 is 0.527 bits per heavy atom. The van der Waals surface area contributed by atoms with Crippen molar-refractivity contribution in [2.75, 3.05) is 4.90 Å². The lowest BCUT2D eigenvalue weighted by molar-refractivity contribution is 0.590. The Labute approximate surface area is 330 Å². The summed E-state index contributed by atoms with van der Waals surface area (Å²) in [6.45, 7) is 23.5. The van der Waals surface area contributed by atoms with Crippen molar-refractivity contribution in [3.8, 4) is 16.8 Å². The molecule has 2 aliphatic heterocycles. The van der Waals surface area contributed by atoms with Crippen molar-refractivity contribution < 1.29 is 0 Å². The summed E-state index contributed by atoms with van der Waals surface area (Å²) in [5.41, 5.74) is 18.5. The van der Waals surface area contributed by atoms with Gasteiger partial charge >= 0.3 is 0 Å². The zero-order chi connectivity index (χ0) is 38.3. The normalized spacial score (nSPS) is 13.9. The second-order valence-corrected chi connectivity index (χ2v) is 20.2. The molecule has 2 aromatic heterocycles. The van der Waals surface area contributed by atoms with Crippen LogP contribution in [0.15, 0.2) is 115 Å². The first-order valence-electron chi connectivity index (χ1n) is 19.9. The van der Waals surface area contributed by atoms with Gasteiger partial charge in [0.05, 0.1) is 11.2 Å². The van der Waals surface area contributed by atoms with Gasteiger partial charge in [0.2, 0.25) is 0 Å². The van der Waals surface area contributed by atoms with Gasteiger partial charge in [-0.3, -0.25) is 0 Å².